The highest BCUT2D eigenvalue weighted by atomic mass is 79.9. The number of amides is 2. The fraction of sp³-hybridized carbons (Fsp3) is 0.389. The summed E-state index contributed by atoms with van der Waals surface area (Å²) >= 11 is 4.71. The lowest BCUT2D eigenvalue weighted by Crippen LogP contribution is -2.21. The molecule has 0 fully saturated rings. The molecule has 1 aromatic heterocycles. The molecule has 0 unspecified atom stereocenters. The van der Waals surface area contributed by atoms with E-state index < -0.39 is 11.9 Å². The van der Waals surface area contributed by atoms with E-state index in [9.17, 15) is 14.4 Å². The van der Waals surface area contributed by atoms with Gasteiger partial charge in [0.2, 0.25) is 11.0 Å². The van der Waals surface area contributed by atoms with Crippen LogP contribution in [0.15, 0.2) is 16.6 Å². The molecule has 0 saturated carbocycles. The smallest absolute Gasteiger partial charge is 0.306 e. The highest BCUT2D eigenvalue weighted by molar-refractivity contribution is 9.10. The van der Waals surface area contributed by atoms with Crippen molar-refractivity contribution in [1.82, 2.24) is 10.2 Å². The van der Waals surface area contributed by atoms with Gasteiger partial charge in [-0.05, 0) is 50.5 Å². The molecule has 0 aliphatic carbocycles. The second-order valence-electron chi connectivity index (χ2n) is 6.08. The first-order chi connectivity index (χ1) is 13.3. The Morgan fingerprint density at radius 1 is 1.04 bits per heavy atom. The van der Waals surface area contributed by atoms with Gasteiger partial charge in [-0.2, -0.15) is 0 Å². The first kappa shape index (κ1) is 22.0. The Hall–Kier alpha value is -2.33. The molecule has 2 rings (SSSR count). The van der Waals surface area contributed by atoms with Gasteiger partial charge in [-0.15, -0.1) is 10.2 Å². The minimum absolute atomic E-state index is 0.0479. The summed E-state index contributed by atoms with van der Waals surface area (Å²) in [5.74, 6) is -1.19. The third-order valence-corrected chi connectivity index (χ3v) is 5.53. The van der Waals surface area contributed by atoms with Crippen LogP contribution in [0, 0.1) is 20.8 Å². The Balaban J connectivity index is 1.67. The van der Waals surface area contributed by atoms with Gasteiger partial charge in [0.05, 0.1) is 0 Å². The molecule has 0 aliphatic rings. The lowest BCUT2D eigenvalue weighted by atomic mass is 10.1. The van der Waals surface area contributed by atoms with Crippen molar-refractivity contribution in [3.63, 3.8) is 0 Å². The molecule has 2 N–H and O–H groups in total. The summed E-state index contributed by atoms with van der Waals surface area (Å²) < 4.78 is 5.92. The summed E-state index contributed by atoms with van der Waals surface area (Å²) in [6.07, 6.45) is 0.513. The van der Waals surface area contributed by atoms with Crippen molar-refractivity contribution < 1.29 is 19.1 Å². The molecule has 0 atom stereocenters. The highest BCUT2D eigenvalue weighted by Gasteiger charge is 2.12. The summed E-state index contributed by atoms with van der Waals surface area (Å²) in [5.41, 5.74) is 2.63. The van der Waals surface area contributed by atoms with Crippen LogP contribution in [0.25, 0.3) is 0 Å². The number of aryl methyl sites for hydroxylation is 1. The molecule has 0 bridgehead atoms. The van der Waals surface area contributed by atoms with Crippen LogP contribution < -0.4 is 10.6 Å². The van der Waals surface area contributed by atoms with Gasteiger partial charge >= 0.3 is 5.97 Å². The van der Waals surface area contributed by atoms with E-state index in [2.05, 4.69) is 36.8 Å². The molecule has 0 radical (unpaired) electrons. The second kappa shape index (κ2) is 10.3. The molecular weight excluding hydrogens is 448 g/mol. The third kappa shape index (κ3) is 6.68. The van der Waals surface area contributed by atoms with Crippen molar-refractivity contribution in [1.29, 1.82) is 0 Å². The van der Waals surface area contributed by atoms with Crippen molar-refractivity contribution in [3.05, 3.63) is 32.7 Å². The summed E-state index contributed by atoms with van der Waals surface area (Å²) in [6, 6.07) is 3.63. The van der Waals surface area contributed by atoms with Crippen LogP contribution >= 0.6 is 27.3 Å². The number of esters is 1. The molecule has 0 saturated heterocycles. The quantitative estimate of drug-likeness (QED) is 0.573. The van der Waals surface area contributed by atoms with E-state index in [0.29, 0.717) is 17.2 Å². The third-order valence-electron chi connectivity index (χ3n) is 3.92. The molecule has 28 heavy (non-hydrogen) atoms. The fourth-order valence-electron chi connectivity index (χ4n) is 2.25. The molecular formula is C18H21BrN4O4S. The van der Waals surface area contributed by atoms with Gasteiger partial charge in [0.25, 0.3) is 5.91 Å². The van der Waals surface area contributed by atoms with Crippen LogP contribution in [-0.4, -0.2) is 34.6 Å². The number of hydrogen-bond acceptors (Lipinski definition) is 7. The first-order valence-corrected chi connectivity index (χ1v) is 10.2. The number of benzene rings is 1. The number of halogens is 1. The molecule has 2 aromatic rings. The van der Waals surface area contributed by atoms with E-state index in [1.165, 1.54) is 11.3 Å². The lowest BCUT2D eigenvalue weighted by molar-refractivity contribution is -0.147. The average Bonchev–Trinajstić information content (AvgIpc) is 3.05. The van der Waals surface area contributed by atoms with E-state index in [1.807, 2.05) is 19.9 Å². The number of anilines is 2. The van der Waals surface area contributed by atoms with Gasteiger partial charge in [-0.25, -0.2) is 0 Å². The predicted octanol–water partition coefficient (Wildman–Crippen LogP) is 3.52. The minimum Gasteiger partial charge on any atom is -0.456 e. The predicted molar refractivity (Wildman–Crippen MR) is 110 cm³/mol. The number of rotatable bonds is 8. The van der Waals surface area contributed by atoms with Gasteiger partial charge < -0.3 is 15.4 Å². The lowest BCUT2D eigenvalue weighted by Gasteiger charge is -2.12. The maximum atomic E-state index is 12.0. The molecule has 2 amide bonds. The second-order valence-corrected chi connectivity index (χ2v) is 8.12. The Bertz CT molecular complexity index is 884. The number of carbonyl (C=O) groups excluding carboxylic acids is 3. The Labute approximate surface area is 175 Å². The maximum Gasteiger partial charge on any atom is 0.306 e. The topological polar surface area (TPSA) is 110 Å². The van der Waals surface area contributed by atoms with Gasteiger partial charge in [0, 0.05) is 23.0 Å². The largest absolute Gasteiger partial charge is 0.456 e. The first-order valence-electron chi connectivity index (χ1n) is 8.57. The van der Waals surface area contributed by atoms with Gasteiger partial charge in [-0.3, -0.25) is 14.4 Å². The highest BCUT2D eigenvalue weighted by Crippen LogP contribution is 2.25. The fourth-order valence-corrected chi connectivity index (χ4v) is 3.29. The number of ether oxygens (including phenoxy) is 1. The monoisotopic (exact) mass is 468 g/mol. The zero-order valence-corrected chi connectivity index (χ0v) is 18.2. The molecule has 1 heterocycles. The van der Waals surface area contributed by atoms with Crippen molar-refractivity contribution in [2.75, 3.05) is 17.2 Å². The van der Waals surface area contributed by atoms with Gasteiger partial charge in [0.1, 0.15) is 5.01 Å². The van der Waals surface area contributed by atoms with Crippen LogP contribution in [0.4, 0.5) is 10.8 Å². The number of aromatic nitrogens is 2. The Kier molecular flexibility index (Phi) is 8.06. The molecule has 10 heteroatoms. The Morgan fingerprint density at radius 2 is 1.79 bits per heavy atom. The number of nitrogens with zero attached hydrogens (tertiary/aromatic N) is 2. The standard InChI is InChI=1S/C18H21BrN4O4S/c1-10-11(2)14(8-7-13(10)19)20-16(25)9-27-17(26)6-4-5-15(24)21-18-23-22-12(3)28-18/h7-8H,4-6,9H2,1-3H3,(H,20,25)(H,21,23,24). The molecule has 0 aliphatic heterocycles. The zero-order chi connectivity index (χ0) is 20.7. The maximum absolute atomic E-state index is 12.0. The van der Waals surface area contributed by atoms with Crippen LogP contribution in [0.5, 0.6) is 0 Å². The molecule has 150 valence electrons. The average molecular weight is 469 g/mol. The van der Waals surface area contributed by atoms with E-state index in [0.717, 1.165) is 20.6 Å². The van der Waals surface area contributed by atoms with Crippen molar-refractivity contribution >= 4 is 55.9 Å². The van der Waals surface area contributed by atoms with E-state index in [1.54, 1.807) is 13.0 Å². The van der Waals surface area contributed by atoms with Crippen molar-refractivity contribution in [3.8, 4) is 0 Å². The minimum atomic E-state index is -0.529. The van der Waals surface area contributed by atoms with Crippen LogP contribution in [-0.2, 0) is 19.1 Å². The van der Waals surface area contributed by atoms with Crippen molar-refractivity contribution in [2.45, 2.75) is 40.0 Å². The van der Waals surface area contributed by atoms with Crippen molar-refractivity contribution in [2.24, 2.45) is 0 Å². The van der Waals surface area contributed by atoms with Crippen LogP contribution in [0.2, 0.25) is 0 Å². The van der Waals surface area contributed by atoms with Gasteiger partial charge in [0.15, 0.2) is 6.61 Å². The number of hydrogen-bond donors (Lipinski definition) is 2. The van der Waals surface area contributed by atoms with Crippen LogP contribution in [0.3, 0.4) is 0 Å². The molecule has 0 spiro atoms. The normalized spacial score (nSPS) is 10.4. The van der Waals surface area contributed by atoms with Crippen LogP contribution in [0.1, 0.15) is 35.4 Å². The number of nitrogens with one attached hydrogen (secondary N) is 2. The number of carbonyl (C=O) groups is 3. The summed E-state index contributed by atoms with van der Waals surface area (Å²) in [4.78, 5) is 35.5. The van der Waals surface area contributed by atoms with E-state index >= 15 is 0 Å². The summed E-state index contributed by atoms with van der Waals surface area (Å²) in [7, 11) is 0. The summed E-state index contributed by atoms with van der Waals surface area (Å²) in [5, 5.41) is 14.1. The Morgan fingerprint density at radius 3 is 2.46 bits per heavy atom. The SMILES string of the molecule is Cc1nnc(NC(=O)CCCC(=O)OCC(=O)Nc2ccc(Br)c(C)c2C)s1. The molecule has 8 nitrogen and oxygen atoms in total. The van der Waals surface area contributed by atoms with E-state index in [4.69, 9.17) is 4.74 Å². The van der Waals surface area contributed by atoms with E-state index in [-0.39, 0.29) is 25.4 Å². The zero-order valence-electron chi connectivity index (χ0n) is 15.8. The van der Waals surface area contributed by atoms with Gasteiger partial charge in [-0.1, -0.05) is 27.3 Å². The molecule has 1 aromatic carbocycles. The summed E-state index contributed by atoms with van der Waals surface area (Å²) in [6.45, 7) is 5.26.